The smallest absolute Gasteiger partial charge is 0.431 e. The molecule has 0 bridgehead atoms. The number of ether oxygens (including phenoxy) is 1. The maximum atomic E-state index is 12.1. The van der Waals surface area contributed by atoms with Gasteiger partial charge in [-0.2, -0.15) is 10.1 Å². The van der Waals surface area contributed by atoms with Crippen LogP contribution >= 0.6 is 11.6 Å². The molecule has 0 spiro atoms. The molecule has 0 fully saturated rings. The van der Waals surface area contributed by atoms with Gasteiger partial charge in [-0.1, -0.05) is 23.7 Å². The molecule has 1 heterocycles. The van der Waals surface area contributed by atoms with E-state index in [0.29, 0.717) is 11.4 Å². The number of hydrazone groups is 1. The Morgan fingerprint density at radius 1 is 1.37 bits per heavy atom. The molecular formula is C14H17ClN2O2. The monoisotopic (exact) mass is 280 g/mol. The number of hydrogen-bond donors (Lipinski definition) is 0. The molecule has 0 aliphatic carbocycles. The van der Waals surface area contributed by atoms with E-state index in [-0.39, 0.29) is 6.04 Å². The van der Waals surface area contributed by atoms with E-state index in [1.165, 1.54) is 5.01 Å². The second kappa shape index (κ2) is 5.21. The number of halogens is 1. The predicted octanol–water partition coefficient (Wildman–Crippen LogP) is 4.01. The van der Waals surface area contributed by atoms with Gasteiger partial charge in [0.2, 0.25) is 0 Å². The summed E-state index contributed by atoms with van der Waals surface area (Å²) in [7, 11) is 0. The SMILES string of the molecule is CC(C)(C)OC(=O)N1N=CCC1c1ccc(Cl)cc1. The molecule has 4 nitrogen and oxygen atoms in total. The van der Waals surface area contributed by atoms with E-state index in [1.54, 1.807) is 6.21 Å². The summed E-state index contributed by atoms with van der Waals surface area (Å²) >= 11 is 5.87. The third-order valence-electron chi connectivity index (χ3n) is 2.67. The number of hydrogen-bond acceptors (Lipinski definition) is 3. The van der Waals surface area contributed by atoms with Gasteiger partial charge < -0.3 is 4.74 Å². The molecule has 0 saturated heterocycles. The predicted molar refractivity (Wildman–Crippen MR) is 75.4 cm³/mol. The van der Waals surface area contributed by atoms with E-state index >= 15 is 0 Å². The van der Waals surface area contributed by atoms with E-state index < -0.39 is 11.7 Å². The van der Waals surface area contributed by atoms with Gasteiger partial charge in [-0.3, -0.25) is 0 Å². The Labute approximate surface area is 118 Å². The highest BCUT2D eigenvalue weighted by Crippen LogP contribution is 2.30. The second-order valence-corrected chi connectivity index (χ2v) is 5.86. The molecule has 1 aromatic carbocycles. The first kappa shape index (κ1) is 13.9. The van der Waals surface area contributed by atoms with Crippen molar-refractivity contribution in [3.05, 3.63) is 34.9 Å². The Morgan fingerprint density at radius 3 is 2.58 bits per heavy atom. The van der Waals surface area contributed by atoms with Crippen LogP contribution in [-0.4, -0.2) is 22.9 Å². The van der Waals surface area contributed by atoms with Crippen molar-refractivity contribution in [1.29, 1.82) is 0 Å². The molecule has 1 aliphatic heterocycles. The van der Waals surface area contributed by atoms with Crippen LogP contribution in [0.15, 0.2) is 29.4 Å². The van der Waals surface area contributed by atoms with Crippen molar-refractivity contribution in [2.45, 2.75) is 38.8 Å². The third kappa shape index (κ3) is 3.47. The Hall–Kier alpha value is -1.55. The summed E-state index contributed by atoms with van der Waals surface area (Å²) in [5.74, 6) is 0. The van der Waals surface area contributed by atoms with Crippen LogP contribution in [0.1, 0.15) is 38.8 Å². The van der Waals surface area contributed by atoms with Crippen molar-refractivity contribution in [1.82, 2.24) is 5.01 Å². The van der Waals surface area contributed by atoms with Crippen LogP contribution in [-0.2, 0) is 4.74 Å². The lowest BCUT2D eigenvalue weighted by Crippen LogP contribution is -2.34. The van der Waals surface area contributed by atoms with Gasteiger partial charge >= 0.3 is 6.09 Å². The van der Waals surface area contributed by atoms with Crippen molar-refractivity contribution >= 4 is 23.9 Å². The summed E-state index contributed by atoms with van der Waals surface area (Å²) in [6.45, 7) is 5.51. The molecule has 19 heavy (non-hydrogen) atoms. The van der Waals surface area contributed by atoms with Crippen LogP contribution in [0, 0.1) is 0 Å². The first-order chi connectivity index (χ1) is 8.87. The van der Waals surface area contributed by atoms with Gasteiger partial charge in [0.25, 0.3) is 0 Å². The van der Waals surface area contributed by atoms with Crippen LogP contribution in [0.25, 0.3) is 0 Å². The van der Waals surface area contributed by atoms with Gasteiger partial charge in [0.15, 0.2) is 0 Å². The summed E-state index contributed by atoms with van der Waals surface area (Å²) in [6, 6.07) is 7.30. The van der Waals surface area contributed by atoms with Crippen molar-refractivity contribution in [3.8, 4) is 0 Å². The minimum Gasteiger partial charge on any atom is -0.442 e. The molecule has 0 aromatic heterocycles. The number of nitrogens with zero attached hydrogens (tertiary/aromatic N) is 2. The summed E-state index contributed by atoms with van der Waals surface area (Å²) in [4.78, 5) is 12.1. The van der Waals surface area contributed by atoms with Crippen molar-refractivity contribution in [2.24, 2.45) is 5.10 Å². The molecule has 0 radical (unpaired) electrons. The van der Waals surface area contributed by atoms with E-state index in [2.05, 4.69) is 5.10 Å². The van der Waals surface area contributed by atoms with Gasteiger partial charge in [-0.05, 0) is 38.5 Å². The fourth-order valence-electron chi connectivity index (χ4n) is 1.86. The van der Waals surface area contributed by atoms with Crippen molar-refractivity contribution in [2.75, 3.05) is 0 Å². The maximum Gasteiger partial charge on any atom is 0.431 e. The van der Waals surface area contributed by atoms with Crippen LogP contribution in [0.4, 0.5) is 4.79 Å². The second-order valence-electron chi connectivity index (χ2n) is 5.43. The van der Waals surface area contributed by atoms with Crippen LogP contribution in [0.3, 0.4) is 0 Å². The molecule has 1 aliphatic rings. The largest absolute Gasteiger partial charge is 0.442 e. The lowest BCUT2D eigenvalue weighted by Gasteiger charge is -2.26. The van der Waals surface area contributed by atoms with Crippen LogP contribution < -0.4 is 0 Å². The lowest BCUT2D eigenvalue weighted by molar-refractivity contribution is 0.0195. The van der Waals surface area contributed by atoms with Gasteiger partial charge in [-0.15, -0.1) is 0 Å². The van der Waals surface area contributed by atoms with Crippen molar-refractivity contribution < 1.29 is 9.53 Å². The highest BCUT2D eigenvalue weighted by atomic mass is 35.5. The zero-order valence-corrected chi connectivity index (χ0v) is 12.0. The normalized spacial score (nSPS) is 18.7. The molecular weight excluding hydrogens is 264 g/mol. The first-order valence-corrected chi connectivity index (χ1v) is 6.55. The topological polar surface area (TPSA) is 41.9 Å². The summed E-state index contributed by atoms with van der Waals surface area (Å²) < 4.78 is 5.34. The fourth-order valence-corrected chi connectivity index (χ4v) is 1.99. The minimum absolute atomic E-state index is 0.118. The van der Waals surface area contributed by atoms with Crippen LogP contribution in [0.2, 0.25) is 5.02 Å². The number of amides is 1. The average molecular weight is 281 g/mol. The Bertz CT molecular complexity index is 491. The zero-order valence-electron chi connectivity index (χ0n) is 11.3. The molecule has 1 atom stereocenters. The fraction of sp³-hybridized carbons (Fsp3) is 0.429. The average Bonchev–Trinajstić information content (AvgIpc) is 2.76. The highest BCUT2D eigenvalue weighted by Gasteiger charge is 2.31. The number of carbonyl (C=O) groups is 1. The number of benzene rings is 1. The molecule has 1 amide bonds. The minimum atomic E-state index is -0.528. The van der Waals surface area contributed by atoms with Crippen LogP contribution in [0.5, 0.6) is 0 Å². The molecule has 0 saturated carbocycles. The Balaban J connectivity index is 2.14. The van der Waals surface area contributed by atoms with Gasteiger partial charge in [0, 0.05) is 17.7 Å². The lowest BCUT2D eigenvalue weighted by atomic mass is 10.1. The Kier molecular flexibility index (Phi) is 3.80. The highest BCUT2D eigenvalue weighted by molar-refractivity contribution is 6.30. The molecule has 102 valence electrons. The van der Waals surface area contributed by atoms with Gasteiger partial charge in [-0.25, -0.2) is 4.79 Å². The molecule has 1 aromatic rings. The molecule has 2 rings (SSSR count). The standard InChI is InChI=1S/C14H17ClN2O2/c1-14(2,3)19-13(18)17-12(8-9-16-17)10-4-6-11(15)7-5-10/h4-7,9,12H,8H2,1-3H3. The zero-order chi connectivity index (χ0) is 14.0. The number of rotatable bonds is 1. The first-order valence-electron chi connectivity index (χ1n) is 6.17. The quantitative estimate of drug-likeness (QED) is 0.780. The molecule has 1 unspecified atom stereocenters. The number of carbonyl (C=O) groups excluding carboxylic acids is 1. The third-order valence-corrected chi connectivity index (χ3v) is 2.92. The van der Waals surface area contributed by atoms with Gasteiger partial charge in [0.05, 0.1) is 6.04 Å². The summed E-state index contributed by atoms with van der Waals surface area (Å²) in [5, 5.41) is 6.16. The molecule has 0 N–H and O–H groups in total. The van der Waals surface area contributed by atoms with E-state index in [0.717, 1.165) is 5.56 Å². The summed E-state index contributed by atoms with van der Waals surface area (Å²) in [6.07, 6.45) is 1.98. The maximum absolute atomic E-state index is 12.1. The van der Waals surface area contributed by atoms with E-state index in [1.807, 2.05) is 45.0 Å². The van der Waals surface area contributed by atoms with Gasteiger partial charge in [0.1, 0.15) is 5.60 Å². The Morgan fingerprint density at radius 2 is 2.00 bits per heavy atom. The van der Waals surface area contributed by atoms with Crippen molar-refractivity contribution in [3.63, 3.8) is 0 Å². The summed E-state index contributed by atoms with van der Waals surface area (Å²) in [5.41, 5.74) is 0.465. The van der Waals surface area contributed by atoms with E-state index in [4.69, 9.17) is 16.3 Å². The van der Waals surface area contributed by atoms with E-state index in [9.17, 15) is 4.79 Å². The molecule has 5 heteroatoms.